The summed E-state index contributed by atoms with van der Waals surface area (Å²) in [4.78, 5) is 3.68. The predicted molar refractivity (Wildman–Crippen MR) is 64.7 cm³/mol. The van der Waals surface area contributed by atoms with E-state index in [-0.39, 0.29) is 12.3 Å². The van der Waals surface area contributed by atoms with Crippen LogP contribution in [-0.2, 0) is 12.3 Å². The standard InChI is InChI=1S/C13H20F2N2O2/c1-8-4-9(2)6-13(18,5-8)7-10-16-11(17-19-10)12(3,14)15/h8-9,18H,4-7H2,1-3H3/t8-,9+,13?. The molecule has 0 radical (unpaired) electrons. The van der Waals surface area contributed by atoms with Crippen molar-refractivity contribution >= 4 is 0 Å². The van der Waals surface area contributed by atoms with Gasteiger partial charge < -0.3 is 9.63 Å². The lowest BCUT2D eigenvalue weighted by Crippen LogP contribution is -2.39. The number of halogens is 2. The van der Waals surface area contributed by atoms with Crippen molar-refractivity contribution in [1.29, 1.82) is 0 Å². The second-order valence-electron chi connectivity index (χ2n) is 6.16. The predicted octanol–water partition coefficient (Wildman–Crippen LogP) is 2.91. The molecule has 1 N–H and O–H groups in total. The van der Waals surface area contributed by atoms with E-state index in [4.69, 9.17) is 4.52 Å². The van der Waals surface area contributed by atoms with Crippen molar-refractivity contribution in [3.63, 3.8) is 0 Å². The molecule has 3 atom stereocenters. The molecule has 2 rings (SSSR count). The van der Waals surface area contributed by atoms with Crippen LogP contribution in [0.2, 0.25) is 0 Å². The Kier molecular flexibility index (Phi) is 3.64. The Labute approximate surface area is 111 Å². The van der Waals surface area contributed by atoms with Crippen LogP contribution in [0.25, 0.3) is 0 Å². The lowest BCUT2D eigenvalue weighted by atomic mass is 9.72. The Bertz CT molecular complexity index is 432. The van der Waals surface area contributed by atoms with Crippen LogP contribution in [0.1, 0.15) is 51.7 Å². The minimum absolute atomic E-state index is 0.0836. The first kappa shape index (κ1) is 14.4. The molecule has 1 heterocycles. The van der Waals surface area contributed by atoms with Gasteiger partial charge in [-0.1, -0.05) is 19.0 Å². The molecule has 0 amide bonds. The van der Waals surface area contributed by atoms with E-state index in [2.05, 4.69) is 24.0 Å². The van der Waals surface area contributed by atoms with E-state index < -0.39 is 17.3 Å². The van der Waals surface area contributed by atoms with E-state index in [1.165, 1.54) is 0 Å². The molecule has 1 fully saturated rings. The molecule has 1 aromatic rings. The number of rotatable bonds is 3. The number of hydrogen-bond donors (Lipinski definition) is 1. The molecule has 1 aromatic heterocycles. The maximum absolute atomic E-state index is 13.0. The van der Waals surface area contributed by atoms with Gasteiger partial charge in [0, 0.05) is 6.92 Å². The van der Waals surface area contributed by atoms with Gasteiger partial charge in [0.05, 0.1) is 12.0 Å². The van der Waals surface area contributed by atoms with Crippen LogP contribution in [0.15, 0.2) is 4.52 Å². The number of alkyl halides is 2. The fraction of sp³-hybridized carbons (Fsp3) is 0.846. The minimum Gasteiger partial charge on any atom is -0.389 e. The summed E-state index contributed by atoms with van der Waals surface area (Å²) in [6, 6.07) is 0. The summed E-state index contributed by atoms with van der Waals surface area (Å²) in [5.41, 5.74) is -0.927. The third-order valence-electron chi connectivity index (χ3n) is 3.60. The number of hydrogen-bond acceptors (Lipinski definition) is 4. The molecular formula is C13H20F2N2O2. The lowest BCUT2D eigenvalue weighted by molar-refractivity contribution is -0.0355. The second-order valence-corrected chi connectivity index (χ2v) is 6.16. The summed E-state index contributed by atoms with van der Waals surface area (Å²) in [5.74, 6) is -2.84. The van der Waals surface area contributed by atoms with Crippen molar-refractivity contribution < 1.29 is 18.4 Å². The summed E-state index contributed by atoms with van der Waals surface area (Å²) in [5, 5.41) is 13.8. The van der Waals surface area contributed by atoms with Crippen LogP contribution in [0.4, 0.5) is 8.78 Å². The molecule has 0 spiro atoms. The average Bonchev–Trinajstić information content (AvgIpc) is 2.61. The largest absolute Gasteiger partial charge is 0.389 e. The second kappa shape index (κ2) is 4.81. The zero-order valence-corrected chi connectivity index (χ0v) is 11.5. The average molecular weight is 274 g/mol. The van der Waals surface area contributed by atoms with Gasteiger partial charge in [0.1, 0.15) is 0 Å². The molecule has 1 aliphatic rings. The Morgan fingerprint density at radius 3 is 2.42 bits per heavy atom. The Morgan fingerprint density at radius 1 is 1.37 bits per heavy atom. The van der Waals surface area contributed by atoms with Crippen LogP contribution in [0, 0.1) is 11.8 Å². The van der Waals surface area contributed by atoms with E-state index in [0.717, 1.165) is 13.3 Å². The van der Waals surface area contributed by atoms with Crippen LogP contribution < -0.4 is 0 Å². The van der Waals surface area contributed by atoms with Crippen molar-refractivity contribution in [3.05, 3.63) is 11.7 Å². The van der Waals surface area contributed by atoms with Crippen LogP contribution in [0.5, 0.6) is 0 Å². The molecule has 6 heteroatoms. The van der Waals surface area contributed by atoms with E-state index in [1.54, 1.807) is 0 Å². The van der Waals surface area contributed by atoms with Crippen LogP contribution in [0.3, 0.4) is 0 Å². The molecule has 108 valence electrons. The van der Waals surface area contributed by atoms with Crippen molar-refractivity contribution in [2.24, 2.45) is 11.8 Å². The highest BCUT2D eigenvalue weighted by atomic mass is 19.3. The normalized spacial score (nSPS) is 32.5. The summed E-state index contributed by atoms with van der Waals surface area (Å²) >= 11 is 0. The summed E-state index contributed by atoms with van der Waals surface area (Å²) < 4.78 is 30.9. The Morgan fingerprint density at radius 2 is 1.95 bits per heavy atom. The van der Waals surface area contributed by atoms with Gasteiger partial charge in [-0.15, -0.1) is 0 Å². The molecule has 1 unspecified atom stereocenters. The first-order valence-corrected chi connectivity index (χ1v) is 6.61. The summed E-state index contributed by atoms with van der Waals surface area (Å²) in [6.07, 6.45) is 2.49. The monoisotopic (exact) mass is 274 g/mol. The molecule has 19 heavy (non-hydrogen) atoms. The van der Waals surface area contributed by atoms with Crippen molar-refractivity contribution in [2.45, 2.75) is 58.0 Å². The fourth-order valence-electron chi connectivity index (χ4n) is 3.16. The van der Waals surface area contributed by atoms with E-state index in [0.29, 0.717) is 24.7 Å². The molecule has 0 aromatic carbocycles. The van der Waals surface area contributed by atoms with E-state index in [9.17, 15) is 13.9 Å². The maximum atomic E-state index is 13.0. The first-order valence-electron chi connectivity index (χ1n) is 6.61. The van der Waals surface area contributed by atoms with E-state index in [1.807, 2.05) is 0 Å². The number of aromatic nitrogens is 2. The third kappa shape index (κ3) is 3.49. The maximum Gasteiger partial charge on any atom is 0.307 e. The molecule has 0 bridgehead atoms. The Hall–Kier alpha value is -1.04. The Balaban J connectivity index is 2.10. The first-order chi connectivity index (χ1) is 8.68. The van der Waals surface area contributed by atoms with Gasteiger partial charge in [-0.05, 0) is 31.1 Å². The zero-order chi connectivity index (χ0) is 14.3. The van der Waals surface area contributed by atoms with Crippen molar-refractivity contribution in [1.82, 2.24) is 10.1 Å². The highest BCUT2D eigenvalue weighted by Crippen LogP contribution is 2.38. The topological polar surface area (TPSA) is 59.2 Å². The van der Waals surface area contributed by atoms with Gasteiger partial charge in [-0.25, -0.2) is 0 Å². The van der Waals surface area contributed by atoms with Gasteiger partial charge in [-0.2, -0.15) is 13.8 Å². The zero-order valence-electron chi connectivity index (χ0n) is 11.5. The highest BCUT2D eigenvalue weighted by molar-refractivity contribution is 4.99. The lowest BCUT2D eigenvalue weighted by Gasteiger charge is -2.38. The number of nitrogens with zero attached hydrogens (tertiary/aromatic N) is 2. The van der Waals surface area contributed by atoms with Gasteiger partial charge in [-0.3, -0.25) is 0 Å². The molecule has 4 nitrogen and oxygen atoms in total. The molecule has 1 saturated carbocycles. The molecule has 1 aliphatic carbocycles. The highest BCUT2D eigenvalue weighted by Gasteiger charge is 2.39. The molecule has 0 aliphatic heterocycles. The summed E-state index contributed by atoms with van der Waals surface area (Å²) in [7, 11) is 0. The third-order valence-corrected chi connectivity index (χ3v) is 3.60. The smallest absolute Gasteiger partial charge is 0.307 e. The van der Waals surface area contributed by atoms with E-state index >= 15 is 0 Å². The molecule has 0 saturated heterocycles. The quantitative estimate of drug-likeness (QED) is 0.920. The van der Waals surface area contributed by atoms with Crippen molar-refractivity contribution in [3.8, 4) is 0 Å². The van der Waals surface area contributed by atoms with Crippen LogP contribution in [-0.4, -0.2) is 20.8 Å². The van der Waals surface area contributed by atoms with Crippen molar-refractivity contribution in [2.75, 3.05) is 0 Å². The minimum atomic E-state index is -3.11. The van der Waals surface area contributed by atoms with Gasteiger partial charge in [0.15, 0.2) is 0 Å². The SMILES string of the molecule is C[C@@H]1C[C@H](C)CC(O)(Cc2nc(C(C)(F)F)no2)C1. The fourth-order valence-corrected chi connectivity index (χ4v) is 3.16. The van der Waals surface area contributed by atoms with Gasteiger partial charge in [0.25, 0.3) is 0 Å². The van der Waals surface area contributed by atoms with Gasteiger partial charge >= 0.3 is 5.92 Å². The van der Waals surface area contributed by atoms with Crippen LogP contribution >= 0.6 is 0 Å². The molecular weight excluding hydrogens is 254 g/mol. The summed E-state index contributed by atoms with van der Waals surface area (Å²) in [6.45, 7) is 4.89. The van der Waals surface area contributed by atoms with Gasteiger partial charge in [0.2, 0.25) is 11.7 Å². The number of aliphatic hydroxyl groups is 1.